The van der Waals surface area contributed by atoms with E-state index in [2.05, 4.69) is 4.90 Å². The van der Waals surface area contributed by atoms with Gasteiger partial charge in [-0.3, -0.25) is 9.69 Å². The van der Waals surface area contributed by atoms with E-state index in [1.165, 1.54) is 6.07 Å². The molecule has 1 fully saturated rings. The van der Waals surface area contributed by atoms with E-state index in [4.69, 9.17) is 14.2 Å². The van der Waals surface area contributed by atoms with Gasteiger partial charge in [0.1, 0.15) is 17.2 Å². The zero-order valence-electron chi connectivity index (χ0n) is 18.9. The van der Waals surface area contributed by atoms with Gasteiger partial charge in [-0.05, 0) is 49.8 Å². The number of phenols is 1. The number of benzene rings is 2. The number of hydrogen-bond donors (Lipinski definition) is 1. The molecule has 174 valence electrons. The fourth-order valence-corrected chi connectivity index (χ4v) is 3.95. The zero-order chi connectivity index (χ0) is 23.4. The van der Waals surface area contributed by atoms with Crippen LogP contribution in [-0.2, 0) is 11.3 Å². The van der Waals surface area contributed by atoms with Crippen LogP contribution in [0.15, 0.2) is 42.2 Å². The zero-order valence-corrected chi connectivity index (χ0v) is 18.9. The third-order valence-electron chi connectivity index (χ3n) is 5.69. The summed E-state index contributed by atoms with van der Waals surface area (Å²) in [6.45, 7) is 7.39. The summed E-state index contributed by atoms with van der Waals surface area (Å²) in [5, 5.41) is 10.5. The van der Waals surface area contributed by atoms with Crippen molar-refractivity contribution in [3.8, 4) is 17.2 Å². The van der Waals surface area contributed by atoms with Gasteiger partial charge in [-0.1, -0.05) is 12.1 Å². The van der Waals surface area contributed by atoms with Crippen LogP contribution >= 0.6 is 0 Å². The molecule has 0 saturated carbocycles. The summed E-state index contributed by atoms with van der Waals surface area (Å²) in [4.78, 5) is 28.6. The third kappa shape index (κ3) is 4.96. The topological polar surface area (TPSA) is 88.5 Å². The van der Waals surface area contributed by atoms with Crippen molar-refractivity contribution in [3.63, 3.8) is 0 Å². The fraction of sp³-hybridized carbons (Fsp3) is 0.360. The minimum atomic E-state index is -0.307. The van der Waals surface area contributed by atoms with E-state index in [9.17, 15) is 14.7 Å². The van der Waals surface area contributed by atoms with E-state index in [0.717, 1.165) is 11.3 Å². The second-order valence-electron chi connectivity index (χ2n) is 7.84. The van der Waals surface area contributed by atoms with Gasteiger partial charge in [-0.25, -0.2) is 4.79 Å². The Morgan fingerprint density at radius 3 is 2.45 bits per heavy atom. The summed E-state index contributed by atoms with van der Waals surface area (Å²) >= 11 is 0. The van der Waals surface area contributed by atoms with Gasteiger partial charge >= 0.3 is 6.09 Å². The molecule has 1 amide bonds. The minimum Gasteiger partial charge on any atom is -0.507 e. The van der Waals surface area contributed by atoms with Crippen LogP contribution in [0, 0.1) is 0 Å². The second-order valence-corrected chi connectivity index (χ2v) is 7.84. The number of phenolic OH excluding ortho intramolecular Hbond substituents is 1. The monoisotopic (exact) mass is 452 g/mol. The summed E-state index contributed by atoms with van der Waals surface area (Å²) in [5.41, 5.74) is 1.82. The SMILES string of the molecule is CCOC(=O)N1CCN(Cc2c(O)ccc3c2O/C(=C\c2ccc(OCC)cc2)C3=O)CC1. The molecule has 2 aliphatic rings. The molecule has 8 nitrogen and oxygen atoms in total. The number of fused-ring (bicyclic) bond motifs is 1. The lowest BCUT2D eigenvalue weighted by molar-refractivity contribution is 0.0774. The molecule has 4 rings (SSSR count). The van der Waals surface area contributed by atoms with Crippen LogP contribution in [-0.4, -0.2) is 66.2 Å². The molecule has 2 aromatic carbocycles. The van der Waals surface area contributed by atoms with Crippen molar-refractivity contribution >= 4 is 18.0 Å². The fourth-order valence-electron chi connectivity index (χ4n) is 3.95. The van der Waals surface area contributed by atoms with Crippen LogP contribution in [0.2, 0.25) is 0 Å². The van der Waals surface area contributed by atoms with Crippen LogP contribution in [0.1, 0.15) is 35.3 Å². The van der Waals surface area contributed by atoms with Crippen LogP contribution in [0.4, 0.5) is 4.79 Å². The molecule has 0 spiro atoms. The van der Waals surface area contributed by atoms with E-state index in [1.54, 1.807) is 24.0 Å². The quantitative estimate of drug-likeness (QED) is 0.669. The van der Waals surface area contributed by atoms with Crippen LogP contribution in [0.3, 0.4) is 0 Å². The number of Topliss-reactive ketones (excluding diaryl/α,β-unsaturated/α-hetero) is 1. The highest BCUT2D eigenvalue weighted by Gasteiger charge is 2.32. The number of rotatable bonds is 6. The summed E-state index contributed by atoms with van der Waals surface area (Å²) in [6, 6.07) is 10.5. The Kier molecular flexibility index (Phi) is 6.84. The number of allylic oxidation sites excluding steroid dienone is 1. The molecule has 2 heterocycles. The van der Waals surface area contributed by atoms with Crippen molar-refractivity contribution in [1.29, 1.82) is 0 Å². The molecule has 0 aromatic heterocycles. The van der Waals surface area contributed by atoms with Gasteiger partial charge in [0, 0.05) is 32.7 Å². The van der Waals surface area contributed by atoms with Crippen molar-refractivity contribution in [3.05, 3.63) is 58.8 Å². The van der Waals surface area contributed by atoms with E-state index < -0.39 is 0 Å². The van der Waals surface area contributed by atoms with E-state index >= 15 is 0 Å². The average Bonchev–Trinajstić information content (AvgIpc) is 3.13. The Hall–Kier alpha value is -3.52. The summed E-state index contributed by atoms with van der Waals surface area (Å²) in [6.07, 6.45) is 1.38. The molecule has 33 heavy (non-hydrogen) atoms. The number of amides is 1. The van der Waals surface area contributed by atoms with E-state index in [0.29, 0.717) is 62.8 Å². The molecular formula is C25H28N2O6. The van der Waals surface area contributed by atoms with Gasteiger partial charge in [0.15, 0.2) is 5.76 Å². The first-order valence-corrected chi connectivity index (χ1v) is 11.2. The lowest BCUT2D eigenvalue weighted by Gasteiger charge is -2.34. The van der Waals surface area contributed by atoms with Crippen molar-refractivity contribution < 1.29 is 28.9 Å². The number of hydrogen-bond acceptors (Lipinski definition) is 7. The standard InChI is InChI=1S/C25H28N2O6/c1-3-31-18-7-5-17(6-8-18)15-22-23(29)19-9-10-21(28)20(24(19)33-22)16-26-11-13-27(14-12-26)25(30)32-4-2/h5-10,15,28H,3-4,11-14,16H2,1-2H3/b22-15-. The average molecular weight is 453 g/mol. The predicted octanol–water partition coefficient (Wildman–Crippen LogP) is 3.68. The summed E-state index contributed by atoms with van der Waals surface area (Å²) in [5.74, 6) is 1.24. The lowest BCUT2D eigenvalue weighted by Crippen LogP contribution is -2.48. The first kappa shape index (κ1) is 22.7. The predicted molar refractivity (Wildman–Crippen MR) is 123 cm³/mol. The molecule has 2 aliphatic heterocycles. The number of ether oxygens (including phenoxy) is 3. The third-order valence-corrected chi connectivity index (χ3v) is 5.69. The maximum absolute atomic E-state index is 12.9. The highest BCUT2D eigenvalue weighted by molar-refractivity contribution is 6.15. The maximum atomic E-state index is 12.9. The van der Waals surface area contributed by atoms with Gasteiger partial charge in [0.05, 0.1) is 24.3 Å². The second kappa shape index (κ2) is 9.95. The highest BCUT2D eigenvalue weighted by Crippen LogP contribution is 2.40. The number of aromatic hydroxyl groups is 1. The number of carbonyl (C=O) groups excluding carboxylic acids is 2. The number of carbonyl (C=O) groups is 2. The Morgan fingerprint density at radius 1 is 1.06 bits per heavy atom. The molecule has 0 unspecified atom stereocenters. The Balaban J connectivity index is 1.48. The number of nitrogens with zero attached hydrogens (tertiary/aromatic N) is 2. The smallest absolute Gasteiger partial charge is 0.409 e. The minimum absolute atomic E-state index is 0.0803. The maximum Gasteiger partial charge on any atom is 0.409 e. The highest BCUT2D eigenvalue weighted by atomic mass is 16.6. The van der Waals surface area contributed by atoms with Crippen LogP contribution in [0.25, 0.3) is 6.08 Å². The summed E-state index contributed by atoms with van der Waals surface area (Å²) < 4.78 is 16.5. The molecule has 1 N–H and O–H groups in total. The van der Waals surface area contributed by atoms with Crippen molar-refractivity contribution in [2.24, 2.45) is 0 Å². The largest absolute Gasteiger partial charge is 0.507 e. The molecule has 2 aromatic rings. The summed E-state index contributed by atoms with van der Waals surface area (Å²) in [7, 11) is 0. The van der Waals surface area contributed by atoms with Crippen molar-refractivity contribution in [2.45, 2.75) is 20.4 Å². The molecule has 0 radical (unpaired) electrons. The Morgan fingerprint density at radius 2 is 1.79 bits per heavy atom. The number of piperazine rings is 1. The Bertz CT molecular complexity index is 1060. The number of ketones is 1. The Labute approximate surface area is 193 Å². The van der Waals surface area contributed by atoms with Crippen molar-refractivity contribution in [2.75, 3.05) is 39.4 Å². The first-order valence-electron chi connectivity index (χ1n) is 11.2. The molecule has 0 aliphatic carbocycles. The van der Waals surface area contributed by atoms with Gasteiger partial charge in [0.25, 0.3) is 0 Å². The lowest BCUT2D eigenvalue weighted by atomic mass is 10.0. The van der Waals surface area contributed by atoms with Gasteiger partial charge in [0.2, 0.25) is 5.78 Å². The molecule has 1 saturated heterocycles. The van der Waals surface area contributed by atoms with Gasteiger partial charge < -0.3 is 24.2 Å². The van der Waals surface area contributed by atoms with Gasteiger partial charge in [-0.15, -0.1) is 0 Å². The molecule has 8 heteroatoms. The first-order chi connectivity index (χ1) is 16.0. The molecular weight excluding hydrogens is 424 g/mol. The normalized spacial score (nSPS) is 17.1. The van der Waals surface area contributed by atoms with E-state index in [1.807, 2.05) is 31.2 Å². The van der Waals surface area contributed by atoms with E-state index in [-0.39, 0.29) is 23.4 Å². The van der Waals surface area contributed by atoms with Crippen molar-refractivity contribution in [1.82, 2.24) is 9.80 Å². The molecule has 0 bridgehead atoms. The van der Waals surface area contributed by atoms with Gasteiger partial charge in [-0.2, -0.15) is 0 Å². The van der Waals surface area contributed by atoms with Crippen LogP contribution in [0.5, 0.6) is 17.2 Å². The molecule has 0 atom stereocenters. The van der Waals surface area contributed by atoms with Crippen LogP contribution < -0.4 is 9.47 Å².